The van der Waals surface area contributed by atoms with Crippen molar-refractivity contribution in [1.82, 2.24) is 0 Å². The molecule has 7 heteroatoms. The molecule has 2 aromatic rings. The topological polar surface area (TPSA) is 86.2 Å². The standard InChI is InChI=1S/C12H10Cl2N2O2S/c13-7-4-5-11(8(14)6-7)19(17,18)12-9(15)2-1-3-10(12)16/h1-6H,15-16H2. The minimum absolute atomic E-state index is 0.0233. The van der Waals surface area contributed by atoms with Crippen LogP contribution in [-0.2, 0) is 9.84 Å². The molecule has 0 aliphatic heterocycles. The van der Waals surface area contributed by atoms with Crippen molar-refractivity contribution in [2.45, 2.75) is 9.79 Å². The molecule has 0 fully saturated rings. The van der Waals surface area contributed by atoms with Gasteiger partial charge in [-0.2, -0.15) is 0 Å². The first-order chi connectivity index (χ1) is 8.84. The van der Waals surface area contributed by atoms with E-state index < -0.39 is 9.84 Å². The van der Waals surface area contributed by atoms with E-state index in [1.165, 1.54) is 30.3 Å². The maximum Gasteiger partial charge on any atom is 0.212 e. The average Bonchev–Trinajstić information content (AvgIpc) is 2.27. The number of nitrogens with two attached hydrogens (primary N) is 2. The molecule has 19 heavy (non-hydrogen) atoms. The summed E-state index contributed by atoms with van der Waals surface area (Å²) in [6.07, 6.45) is 0. The Hall–Kier alpha value is -1.43. The lowest BCUT2D eigenvalue weighted by molar-refractivity contribution is 0.597. The van der Waals surface area contributed by atoms with Gasteiger partial charge in [0.1, 0.15) is 4.90 Å². The van der Waals surface area contributed by atoms with E-state index in [0.717, 1.165) is 0 Å². The van der Waals surface area contributed by atoms with Crippen LogP contribution < -0.4 is 11.5 Å². The van der Waals surface area contributed by atoms with Gasteiger partial charge >= 0.3 is 0 Å². The third-order valence-electron chi connectivity index (χ3n) is 2.53. The summed E-state index contributed by atoms with van der Waals surface area (Å²) in [7, 11) is -3.89. The summed E-state index contributed by atoms with van der Waals surface area (Å²) in [4.78, 5) is -0.220. The Kier molecular flexibility index (Phi) is 3.62. The molecule has 4 N–H and O–H groups in total. The largest absolute Gasteiger partial charge is 0.398 e. The molecule has 0 saturated carbocycles. The normalized spacial score (nSPS) is 11.5. The zero-order chi connectivity index (χ0) is 14.2. The molecule has 100 valence electrons. The van der Waals surface area contributed by atoms with Gasteiger partial charge < -0.3 is 11.5 Å². The van der Waals surface area contributed by atoms with E-state index in [2.05, 4.69) is 0 Å². The number of sulfone groups is 1. The monoisotopic (exact) mass is 316 g/mol. The summed E-state index contributed by atoms with van der Waals surface area (Å²) >= 11 is 11.7. The number of nitrogen functional groups attached to an aromatic ring is 2. The minimum atomic E-state index is -3.89. The molecular formula is C12H10Cl2N2O2S. The Morgan fingerprint density at radius 2 is 1.53 bits per heavy atom. The Bertz CT molecular complexity index is 725. The van der Waals surface area contributed by atoms with Crippen LogP contribution in [0.3, 0.4) is 0 Å². The lowest BCUT2D eigenvalue weighted by atomic mass is 10.3. The number of anilines is 2. The highest BCUT2D eigenvalue weighted by atomic mass is 35.5. The fourth-order valence-corrected chi connectivity index (χ4v) is 3.94. The van der Waals surface area contributed by atoms with Crippen LogP contribution in [0.4, 0.5) is 11.4 Å². The number of hydrogen-bond donors (Lipinski definition) is 2. The van der Waals surface area contributed by atoms with Crippen molar-refractivity contribution in [3.63, 3.8) is 0 Å². The molecule has 0 aromatic heterocycles. The lowest BCUT2D eigenvalue weighted by Gasteiger charge is -2.11. The van der Waals surface area contributed by atoms with Crippen molar-refractivity contribution < 1.29 is 8.42 Å². The smallest absolute Gasteiger partial charge is 0.212 e. The van der Waals surface area contributed by atoms with Crippen LogP contribution in [0.15, 0.2) is 46.2 Å². The molecule has 0 atom stereocenters. The molecule has 0 saturated heterocycles. The van der Waals surface area contributed by atoms with Crippen molar-refractivity contribution >= 4 is 44.4 Å². The second kappa shape index (κ2) is 4.92. The Morgan fingerprint density at radius 3 is 2.05 bits per heavy atom. The first-order valence-electron chi connectivity index (χ1n) is 5.18. The van der Waals surface area contributed by atoms with Gasteiger partial charge in [0.25, 0.3) is 0 Å². The minimum Gasteiger partial charge on any atom is -0.398 e. The summed E-state index contributed by atoms with van der Waals surface area (Å²) in [5.41, 5.74) is 11.5. The van der Waals surface area contributed by atoms with E-state index in [-0.39, 0.29) is 26.2 Å². The van der Waals surface area contributed by atoms with E-state index in [4.69, 9.17) is 34.7 Å². The van der Waals surface area contributed by atoms with E-state index in [1.54, 1.807) is 6.07 Å². The number of rotatable bonds is 2. The number of hydrogen-bond acceptors (Lipinski definition) is 4. The van der Waals surface area contributed by atoms with E-state index in [0.29, 0.717) is 5.02 Å². The molecule has 0 bridgehead atoms. The zero-order valence-corrected chi connectivity index (χ0v) is 11.9. The fraction of sp³-hybridized carbons (Fsp3) is 0. The van der Waals surface area contributed by atoms with Crippen LogP contribution in [0.1, 0.15) is 0 Å². The summed E-state index contributed by atoms with van der Waals surface area (Å²) in [6.45, 7) is 0. The molecule has 0 heterocycles. The summed E-state index contributed by atoms with van der Waals surface area (Å²) < 4.78 is 25.0. The summed E-state index contributed by atoms with van der Waals surface area (Å²) in [5.74, 6) is 0. The van der Waals surface area contributed by atoms with Gasteiger partial charge in [0.05, 0.1) is 21.3 Å². The Labute approximate surface area is 120 Å². The van der Waals surface area contributed by atoms with Crippen LogP contribution in [0.5, 0.6) is 0 Å². The van der Waals surface area contributed by atoms with Crippen molar-refractivity contribution in [1.29, 1.82) is 0 Å². The molecule has 0 aliphatic rings. The molecule has 0 amide bonds. The third-order valence-corrected chi connectivity index (χ3v) is 5.13. The molecule has 0 unspecified atom stereocenters. The van der Waals surface area contributed by atoms with Gasteiger partial charge in [-0.15, -0.1) is 0 Å². The van der Waals surface area contributed by atoms with Gasteiger partial charge in [-0.1, -0.05) is 29.3 Å². The molecular weight excluding hydrogens is 307 g/mol. The van der Waals surface area contributed by atoms with Gasteiger partial charge in [0.15, 0.2) is 0 Å². The Balaban J connectivity index is 2.73. The number of benzene rings is 2. The van der Waals surface area contributed by atoms with Crippen LogP contribution in [0, 0.1) is 0 Å². The molecule has 0 aliphatic carbocycles. The quantitative estimate of drug-likeness (QED) is 0.834. The van der Waals surface area contributed by atoms with Crippen molar-refractivity contribution in [3.05, 3.63) is 46.4 Å². The molecule has 2 rings (SSSR count). The van der Waals surface area contributed by atoms with Crippen LogP contribution in [0.2, 0.25) is 10.0 Å². The third kappa shape index (κ3) is 2.49. The Morgan fingerprint density at radius 1 is 0.947 bits per heavy atom. The van der Waals surface area contributed by atoms with Gasteiger partial charge in [-0.3, -0.25) is 0 Å². The first-order valence-corrected chi connectivity index (χ1v) is 7.42. The van der Waals surface area contributed by atoms with Crippen LogP contribution >= 0.6 is 23.2 Å². The SMILES string of the molecule is Nc1cccc(N)c1S(=O)(=O)c1ccc(Cl)cc1Cl. The van der Waals surface area contributed by atoms with Gasteiger partial charge in [0, 0.05) is 5.02 Å². The van der Waals surface area contributed by atoms with E-state index >= 15 is 0 Å². The van der Waals surface area contributed by atoms with E-state index in [1.807, 2.05) is 0 Å². The van der Waals surface area contributed by atoms with E-state index in [9.17, 15) is 8.42 Å². The van der Waals surface area contributed by atoms with Gasteiger partial charge in [0.2, 0.25) is 9.84 Å². The molecule has 2 aromatic carbocycles. The van der Waals surface area contributed by atoms with Crippen molar-refractivity contribution in [2.75, 3.05) is 11.5 Å². The predicted molar refractivity (Wildman–Crippen MR) is 77.2 cm³/mol. The fourth-order valence-electron chi connectivity index (χ4n) is 1.69. The second-order valence-corrected chi connectivity index (χ2v) is 6.54. The lowest BCUT2D eigenvalue weighted by Crippen LogP contribution is -2.09. The number of halogens is 2. The highest BCUT2D eigenvalue weighted by Crippen LogP contribution is 2.35. The van der Waals surface area contributed by atoms with Crippen LogP contribution in [-0.4, -0.2) is 8.42 Å². The predicted octanol–water partition coefficient (Wildman–Crippen LogP) is 2.99. The molecule has 4 nitrogen and oxygen atoms in total. The van der Waals surface area contributed by atoms with Gasteiger partial charge in [-0.05, 0) is 30.3 Å². The maximum atomic E-state index is 12.5. The van der Waals surface area contributed by atoms with Crippen LogP contribution in [0.25, 0.3) is 0 Å². The van der Waals surface area contributed by atoms with Crippen molar-refractivity contribution in [2.24, 2.45) is 0 Å². The highest BCUT2D eigenvalue weighted by molar-refractivity contribution is 7.92. The van der Waals surface area contributed by atoms with Gasteiger partial charge in [-0.25, -0.2) is 8.42 Å². The highest BCUT2D eigenvalue weighted by Gasteiger charge is 2.25. The average molecular weight is 317 g/mol. The zero-order valence-electron chi connectivity index (χ0n) is 9.60. The first kappa shape index (κ1) is 14.0. The van der Waals surface area contributed by atoms with Crippen molar-refractivity contribution in [3.8, 4) is 0 Å². The molecule has 0 radical (unpaired) electrons. The maximum absolute atomic E-state index is 12.5. The summed E-state index contributed by atoms with van der Waals surface area (Å²) in [5, 5.41) is 0.369. The second-order valence-electron chi connectivity index (χ2n) is 3.84. The summed E-state index contributed by atoms with van der Waals surface area (Å²) in [6, 6.07) is 8.63. The molecule has 0 spiro atoms.